The van der Waals surface area contributed by atoms with E-state index < -0.39 is 13.7 Å². The molecule has 1 heterocycles. The van der Waals surface area contributed by atoms with Gasteiger partial charge in [0.1, 0.15) is 6.10 Å². The molecule has 5 rings (SSSR count). The van der Waals surface area contributed by atoms with Gasteiger partial charge in [0.15, 0.2) is 5.41 Å². The molecule has 33 heavy (non-hydrogen) atoms. The van der Waals surface area contributed by atoms with Gasteiger partial charge in [-0.1, -0.05) is 122 Å². The van der Waals surface area contributed by atoms with Crippen molar-refractivity contribution in [3.8, 4) is 0 Å². The summed E-state index contributed by atoms with van der Waals surface area (Å²) in [4.78, 5) is 13.3. The maximum atomic E-state index is 13.2. The highest BCUT2D eigenvalue weighted by Gasteiger charge is 2.65. The lowest BCUT2D eigenvalue weighted by Gasteiger charge is -2.54. The predicted molar refractivity (Wildman–Crippen MR) is 138 cm³/mol. The molecule has 5 heteroatoms. The van der Waals surface area contributed by atoms with Crippen LogP contribution in [0.4, 0.5) is 0 Å². The number of esters is 1. The van der Waals surface area contributed by atoms with Crippen LogP contribution < -0.4 is 10.4 Å². The largest absolute Gasteiger partial charge is 0.459 e. The number of halogens is 1. The Balaban J connectivity index is 1.66. The summed E-state index contributed by atoms with van der Waals surface area (Å²) in [5, 5.41) is 2.27. The van der Waals surface area contributed by atoms with Gasteiger partial charge in [0, 0.05) is 0 Å². The summed E-state index contributed by atoms with van der Waals surface area (Å²) in [6.07, 6.45) is 0.618. The number of carbonyl (C=O) groups is 1. The quantitative estimate of drug-likeness (QED) is 0.276. The van der Waals surface area contributed by atoms with Crippen molar-refractivity contribution in [2.45, 2.75) is 48.6 Å². The lowest BCUT2D eigenvalue weighted by Crippen LogP contribution is -2.72. The minimum Gasteiger partial charge on any atom is -0.459 e. The molecule has 0 saturated carbocycles. The molecule has 3 atom stereocenters. The summed E-state index contributed by atoms with van der Waals surface area (Å²) < 4.78 is 13.0. The van der Waals surface area contributed by atoms with Crippen LogP contribution in [0, 0.1) is 0 Å². The van der Waals surface area contributed by atoms with Gasteiger partial charge in [0.25, 0.3) is 8.32 Å². The summed E-state index contributed by atoms with van der Waals surface area (Å²) in [5.74, 6) is -0.179. The van der Waals surface area contributed by atoms with Crippen LogP contribution in [0.3, 0.4) is 0 Å². The third kappa shape index (κ3) is 3.36. The van der Waals surface area contributed by atoms with E-state index >= 15 is 0 Å². The lowest BCUT2D eigenvalue weighted by atomic mass is 9.65. The molecule has 0 radical (unpaired) electrons. The fourth-order valence-electron chi connectivity index (χ4n) is 5.68. The molecule has 0 bridgehead atoms. The Kier molecular flexibility index (Phi) is 5.63. The van der Waals surface area contributed by atoms with E-state index in [1.807, 2.05) is 24.3 Å². The molecule has 170 valence electrons. The second kappa shape index (κ2) is 8.22. The second-order valence-electron chi connectivity index (χ2n) is 10.1. The third-order valence-corrected chi connectivity index (χ3v) is 13.0. The molecule has 3 aromatic carbocycles. The van der Waals surface area contributed by atoms with E-state index in [0.717, 1.165) is 12.0 Å². The van der Waals surface area contributed by atoms with Crippen LogP contribution in [-0.4, -0.2) is 31.8 Å². The zero-order chi connectivity index (χ0) is 23.3. The van der Waals surface area contributed by atoms with Crippen molar-refractivity contribution in [3.05, 3.63) is 96.1 Å². The number of carbonyl (C=O) groups excluding carboxylic acids is 1. The molecule has 0 spiro atoms. The molecular weight excluding hydrogens is 492 g/mol. The molecule has 2 aliphatic rings. The number of benzene rings is 3. The maximum Gasteiger partial charge on any atom is 0.323 e. The molecule has 0 N–H and O–H groups in total. The molecule has 3 aromatic rings. The number of hydrogen-bond donors (Lipinski definition) is 0. The first-order valence-electron chi connectivity index (χ1n) is 11.5. The van der Waals surface area contributed by atoms with Crippen LogP contribution in [0.15, 0.2) is 84.9 Å². The van der Waals surface area contributed by atoms with E-state index in [2.05, 4.69) is 97.4 Å². The first kappa shape index (κ1) is 22.6. The van der Waals surface area contributed by atoms with E-state index in [9.17, 15) is 4.79 Å². The van der Waals surface area contributed by atoms with Crippen molar-refractivity contribution in [2.75, 3.05) is 6.61 Å². The Hall–Kier alpha value is -2.21. The van der Waals surface area contributed by atoms with Crippen LogP contribution in [0.2, 0.25) is 5.04 Å². The fraction of sp³-hybridized carbons (Fsp3) is 0.321. The lowest BCUT2D eigenvalue weighted by molar-refractivity contribution is -0.196. The molecule has 1 aliphatic carbocycles. The van der Waals surface area contributed by atoms with Gasteiger partial charge in [-0.2, -0.15) is 0 Å². The van der Waals surface area contributed by atoms with Crippen molar-refractivity contribution in [3.63, 3.8) is 0 Å². The second-order valence-corrected chi connectivity index (χ2v) is 15.6. The first-order valence-corrected chi connectivity index (χ1v) is 14.3. The van der Waals surface area contributed by atoms with E-state index in [1.54, 1.807) is 0 Å². The van der Waals surface area contributed by atoms with Crippen molar-refractivity contribution < 1.29 is 14.0 Å². The standard InChI is InChI=1S/C28H29BrO3Si/c1-27(2,3)33(21-13-6-4-7-14-21,22-15-8-5-9-16-22)31-19-28-23-17-11-10-12-20(23)18-24(29)25(28)32-26(28)30/h4-17,24-25H,18-19H2,1-3H3/t24-,25+,28-/m0/s1. The van der Waals surface area contributed by atoms with Crippen LogP contribution in [0.25, 0.3) is 0 Å². The van der Waals surface area contributed by atoms with E-state index in [0.29, 0.717) is 6.61 Å². The number of hydrogen-bond acceptors (Lipinski definition) is 3. The van der Waals surface area contributed by atoms with Gasteiger partial charge in [-0.05, 0) is 33.0 Å². The highest BCUT2D eigenvalue weighted by Crippen LogP contribution is 2.50. The smallest absolute Gasteiger partial charge is 0.323 e. The average Bonchev–Trinajstić information content (AvgIpc) is 2.81. The van der Waals surface area contributed by atoms with Crippen molar-refractivity contribution in [1.82, 2.24) is 0 Å². The molecule has 0 aromatic heterocycles. The SMILES string of the molecule is CC(C)(C)[Si](OC[C@@]12C(=O)O[C@@H]1[C@@H](Br)Cc1ccccc12)(c1ccccc1)c1ccccc1. The predicted octanol–water partition coefficient (Wildman–Crippen LogP) is 4.75. The monoisotopic (exact) mass is 520 g/mol. The molecule has 1 aliphatic heterocycles. The normalized spacial score (nSPS) is 24.3. The average molecular weight is 522 g/mol. The van der Waals surface area contributed by atoms with Gasteiger partial charge in [-0.15, -0.1) is 0 Å². The summed E-state index contributed by atoms with van der Waals surface area (Å²) >= 11 is 3.81. The topological polar surface area (TPSA) is 35.5 Å². The van der Waals surface area contributed by atoms with Gasteiger partial charge in [-0.25, -0.2) is 0 Å². The number of ether oxygens (including phenoxy) is 1. The minimum absolute atomic E-state index is 0.0767. The summed E-state index contributed by atoms with van der Waals surface area (Å²) in [7, 11) is -2.77. The van der Waals surface area contributed by atoms with E-state index in [-0.39, 0.29) is 21.9 Å². The Bertz CT molecular complexity index is 1120. The van der Waals surface area contributed by atoms with Crippen molar-refractivity contribution >= 4 is 40.6 Å². The van der Waals surface area contributed by atoms with E-state index in [1.165, 1.54) is 15.9 Å². The van der Waals surface area contributed by atoms with Gasteiger partial charge in [0.05, 0.1) is 11.4 Å². The summed E-state index contributed by atoms with van der Waals surface area (Å²) in [5.41, 5.74) is 1.47. The van der Waals surface area contributed by atoms with E-state index in [4.69, 9.17) is 9.16 Å². The molecule has 3 nitrogen and oxygen atoms in total. The van der Waals surface area contributed by atoms with Crippen LogP contribution >= 0.6 is 15.9 Å². The van der Waals surface area contributed by atoms with Crippen molar-refractivity contribution in [1.29, 1.82) is 0 Å². The number of alkyl halides is 1. The van der Waals surface area contributed by atoms with Gasteiger partial charge in [0.2, 0.25) is 0 Å². The van der Waals surface area contributed by atoms with Crippen molar-refractivity contribution in [2.24, 2.45) is 0 Å². The van der Waals surface area contributed by atoms with Crippen LogP contribution in [0.5, 0.6) is 0 Å². The zero-order valence-corrected chi connectivity index (χ0v) is 21.8. The highest BCUT2D eigenvalue weighted by molar-refractivity contribution is 9.09. The van der Waals surface area contributed by atoms with Gasteiger partial charge in [-0.3, -0.25) is 4.79 Å². The Labute approximate surface area is 205 Å². The van der Waals surface area contributed by atoms with Gasteiger partial charge >= 0.3 is 5.97 Å². The van der Waals surface area contributed by atoms with Gasteiger partial charge < -0.3 is 9.16 Å². The first-order chi connectivity index (χ1) is 15.8. The Morgan fingerprint density at radius 1 is 0.939 bits per heavy atom. The fourth-order valence-corrected chi connectivity index (χ4v) is 11.2. The minimum atomic E-state index is -2.77. The summed E-state index contributed by atoms with van der Waals surface area (Å²) in [6.45, 7) is 7.09. The Morgan fingerprint density at radius 3 is 2.03 bits per heavy atom. The Morgan fingerprint density at radius 2 is 1.48 bits per heavy atom. The zero-order valence-electron chi connectivity index (χ0n) is 19.3. The number of fused-ring (bicyclic) bond motifs is 3. The molecule has 1 saturated heterocycles. The molecule has 0 unspecified atom stereocenters. The van der Waals surface area contributed by atoms with Crippen LogP contribution in [-0.2, 0) is 25.8 Å². The molecule has 0 amide bonds. The third-order valence-electron chi connectivity index (χ3n) is 7.26. The van der Waals surface area contributed by atoms with Crippen LogP contribution in [0.1, 0.15) is 31.9 Å². The highest BCUT2D eigenvalue weighted by atomic mass is 79.9. The molecular formula is C28H29BrO3Si. The molecule has 1 fully saturated rings. The number of rotatable bonds is 5. The maximum absolute atomic E-state index is 13.2. The summed E-state index contributed by atoms with van der Waals surface area (Å²) in [6, 6.07) is 29.4.